The number of hydrogen-bond donors (Lipinski definition) is 3. The second-order valence-corrected chi connectivity index (χ2v) is 8.22. The topological polar surface area (TPSA) is 98.7 Å². The predicted octanol–water partition coefficient (Wildman–Crippen LogP) is 4.71. The Bertz CT molecular complexity index is 779. The third kappa shape index (κ3) is 25.4. The number of carboxylic acid groups (broad SMARTS) is 1. The molecular weight excluding hydrogens is 454 g/mol. The molecule has 0 heterocycles. The number of carbonyl (C=O) groups is 3. The minimum Gasteiger partial charge on any atom is -0.478 e. The van der Waals surface area contributed by atoms with Crippen LogP contribution in [0.1, 0.15) is 58.3 Å². The lowest BCUT2D eigenvalue weighted by molar-refractivity contribution is -0.131. The van der Waals surface area contributed by atoms with Crippen molar-refractivity contribution in [2.45, 2.75) is 58.3 Å². The second kappa shape index (κ2) is 24.9. The van der Waals surface area contributed by atoms with Gasteiger partial charge in [0, 0.05) is 44.8 Å². The minimum atomic E-state index is -1.16. The van der Waals surface area contributed by atoms with Crippen molar-refractivity contribution in [3.8, 4) is 0 Å². The summed E-state index contributed by atoms with van der Waals surface area (Å²) in [5, 5.41) is 14.0. The van der Waals surface area contributed by atoms with Crippen LogP contribution >= 0.6 is 0 Å². The summed E-state index contributed by atoms with van der Waals surface area (Å²) in [7, 11) is 1.90. The van der Waals surface area contributed by atoms with Gasteiger partial charge in [0.2, 0.25) is 11.8 Å². The molecule has 0 saturated heterocycles. The van der Waals surface area contributed by atoms with Gasteiger partial charge in [-0.25, -0.2) is 4.79 Å². The predicted molar refractivity (Wildman–Crippen MR) is 149 cm³/mol. The number of carbonyl (C=O) groups excluding carboxylic acids is 2. The van der Waals surface area contributed by atoms with E-state index in [1.807, 2.05) is 11.9 Å². The zero-order valence-corrected chi connectivity index (χ0v) is 22.0. The van der Waals surface area contributed by atoms with Gasteiger partial charge in [-0.05, 0) is 52.0 Å². The smallest absolute Gasteiger partial charge is 0.328 e. The van der Waals surface area contributed by atoms with Gasteiger partial charge in [-0.3, -0.25) is 9.59 Å². The molecule has 200 valence electrons. The number of amides is 2. The van der Waals surface area contributed by atoms with Crippen LogP contribution in [-0.4, -0.2) is 61.0 Å². The Balaban J connectivity index is 3.65. The Hall–Kier alpha value is -3.19. The van der Waals surface area contributed by atoms with Crippen molar-refractivity contribution in [3.05, 3.63) is 72.9 Å². The Kier molecular flexibility index (Phi) is 22.7. The Morgan fingerprint density at radius 3 is 1.75 bits per heavy atom. The molecule has 0 unspecified atom stereocenters. The van der Waals surface area contributed by atoms with Crippen LogP contribution in [0.15, 0.2) is 72.9 Å². The molecular formula is C29H45N3O4. The SMILES string of the molecule is CC/C=C\C/C=C\C/C=C\C/C=C\C/C=C\CCCC(=O)NCCN(C)CCNC(=O)C=CC(=O)O. The second-order valence-electron chi connectivity index (χ2n) is 8.22. The maximum Gasteiger partial charge on any atom is 0.328 e. The molecule has 0 aromatic rings. The van der Waals surface area contributed by atoms with Gasteiger partial charge in [0.1, 0.15) is 0 Å². The lowest BCUT2D eigenvalue weighted by Crippen LogP contribution is -2.37. The fourth-order valence-electron chi connectivity index (χ4n) is 2.91. The van der Waals surface area contributed by atoms with E-state index in [-0.39, 0.29) is 5.91 Å². The van der Waals surface area contributed by atoms with E-state index in [1.165, 1.54) is 0 Å². The van der Waals surface area contributed by atoms with Crippen molar-refractivity contribution < 1.29 is 19.5 Å². The fraction of sp³-hybridized carbons (Fsp3) is 0.483. The average Bonchev–Trinajstić information content (AvgIpc) is 2.84. The zero-order valence-electron chi connectivity index (χ0n) is 22.0. The number of rotatable bonds is 21. The first-order valence-electron chi connectivity index (χ1n) is 12.8. The summed E-state index contributed by atoms with van der Waals surface area (Å²) in [6, 6.07) is 0. The number of carboxylic acids is 1. The zero-order chi connectivity index (χ0) is 26.7. The van der Waals surface area contributed by atoms with Gasteiger partial charge in [-0.1, -0.05) is 67.7 Å². The number of nitrogens with one attached hydrogen (secondary N) is 2. The van der Waals surface area contributed by atoms with Gasteiger partial charge in [-0.15, -0.1) is 0 Å². The number of aliphatic carboxylic acids is 1. The van der Waals surface area contributed by atoms with E-state index in [1.54, 1.807) is 0 Å². The number of hydrogen-bond acceptors (Lipinski definition) is 4. The van der Waals surface area contributed by atoms with Gasteiger partial charge >= 0.3 is 5.97 Å². The van der Waals surface area contributed by atoms with Crippen LogP contribution < -0.4 is 10.6 Å². The van der Waals surface area contributed by atoms with Gasteiger partial charge in [0.25, 0.3) is 0 Å². The molecule has 0 atom stereocenters. The first-order valence-corrected chi connectivity index (χ1v) is 12.8. The highest BCUT2D eigenvalue weighted by Crippen LogP contribution is 1.99. The largest absolute Gasteiger partial charge is 0.478 e. The van der Waals surface area contributed by atoms with E-state index >= 15 is 0 Å². The van der Waals surface area contributed by atoms with Crippen molar-refractivity contribution >= 4 is 17.8 Å². The highest BCUT2D eigenvalue weighted by molar-refractivity contribution is 5.93. The maximum atomic E-state index is 11.9. The summed E-state index contributed by atoms with van der Waals surface area (Å²) in [5.74, 6) is -1.55. The molecule has 7 nitrogen and oxygen atoms in total. The van der Waals surface area contributed by atoms with E-state index in [9.17, 15) is 14.4 Å². The molecule has 0 radical (unpaired) electrons. The number of allylic oxidation sites excluding steroid dienone is 10. The first-order chi connectivity index (χ1) is 17.5. The molecule has 0 spiro atoms. The lowest BCUT2D eigenvalue weighted by atomic mass is 10.2. The van der Waals surface area contributed by atoms with Crippen LogP contribution in [0.25, 0.3) is 0 Å². The Morgan fingerprint density at radius 2 is 1.22 bits per heavy atom. The van der Waals surface area contributed by atoms with Crippen LogP contribution in [0.4, 0.5) is 0 Å². The van der Waals surface area contributed by atoms with Crippen molar-refractivity contribution in [3.63, 3.8) is 0 Å². The third-order valence-electron chi connectivity index (χ3n) is 4.92. The molecule has 36 heavy (non-hydrogen) atoms. The van der Waals surface area contributed by atoms with Gasteiger partial charge in [0.15, 0.2) is 0 Å². The van der Waals surface area contributed by atoms with Crippen molar-refractivity contribution in [1.82, 2.24) is 15.5 Å². The van der Waals surface area contributed by atoms with E-state index in [0.29, 0.717) is 32.6 Å². The molecule has 7 heteroatoms. The highest BCUT2D eigenvalue weighted by atomic mass is 16.4. The van der Waals surface area contributed by atoms with Crippen LogP contribution in [0.2, 0.25) is 0 Å². The normalized spacial score (nSPS) is 12.4. The summed E-state index contributed by atoms with van der Waals surface area (Å²) < 4.78 is 0. The van der Waals surface area contributed by atoms with Crippen LogP contribution in [0.5, 0.6) is 0 Å². The molecule has 0 bridgehead atoms. The van der Waals surface area contributed by atoms with E-state index < -0.39 is 11.9 Å². The first kappa shape index (κ1) is 32.8. The summed E-state index contributed by atoms with van der Waals surface area (Å²) in [5.41, 5.74) is 0. The Morgan fingerprint density at radius 1 is 0.722 bits per heavy atom. The Labute approximate surface area is 217 Å². The molecule has 0 fully saturated rings. The molecule has 0 aliphatic carbocycles. The fourth-order valence-corrected chi connectivity index (χ4v) is 2.91. The lowest BCUT2D eigenvalue weighted by Gasteiger charge is -2.16. The molecule has 0 aliphatic rings. The van der Waals surface area contributed by atoms with Crippen LogP contribution in [-0.2, 0) is 14.4 Å². The maximum absolute atomic E-state index is 11.9. The highest BCUT2D eigenvalue weighted by Gasteiger charge is 2.03. The molecule has 2 amide bonds. The van der Waals surface area contributed by atoms with E-state index in [0.717, 1.165) is 57.1 Å². The molecule has 0 aliphatic heterocycles. The summed E-state index contributed by atoms with van der Waals surface area (Å²) in [6.07, 6.45) is 30.7. The van der Waals surface area contributed by atoms with Crippen molar-refractivity contribution in [1.29, 1.82) is 0 Å². The minimum absolute atomic E-state index is 0.0443. The average molecular weight is 500 g/mol. The van der Waals surface area contributed by atoms with Gasteiger partial charge < -0.3 is 20.6 Å². The molecule has 0 aromatic carbocycles. The third-order valence-corrected chi connectivity index (χ3v) is 4.92. The van der Waals surface area contributed by atoms with Gasteiger partial charge in [-0.2, -0.15) is 0 Å². The number of likely N-dealkylation sites (N-methyl/N-ethyl adjacent to an activating group) is 1. The number of unbranched alkanes of at least 4 members (excludes halogenated alkanes) is 1. The number of nitrogens with zero attached hydrogens (tertiary/aromatic N) is 1. The molecule has 0 aromatic heterocycles. The van der Waals surface area contributed by atoms with E-state index in [2.05, 4.69) is 78.3 Å². The molecule has 0 saturated carbocycles. The summed E-state index contributed by atoms with van der Waals surface area (Å²) in [4.78, 5) is 35.6. The van der Waals surface area contributed by atoms with Gasteiger partial charge in [0.05, 0.1) is 0 Å². The van der Waals surface area contributed by atoms with Crippen LogP contribution in [0.3, 0.4) is 0 Å². The standard InChI is InChI=1S/C29H45N3O4/c1-3-4-5-6-7-8-9-10-11-12-13-14-15-16-17-18-19-20-27(33)30-23-25-32(2)26-24-31-28(34)21-22-29(35)36/h4-5,7-8,10-11,13-14,16-17,21-22H,3,6,9,12,15,18-20,23-26H2,1-2H3,(H,30,33)(H,31,34)(H,35,36)/b5-4-,8-7-,11-10-,14-13-,17-16-,22-21?. The van der Waals surface area contributed by atoms with E-state index in [4.69, 9.17) is 5.11 Å². The quantitative estimate of drug-likeness (QED) is 0.121. The summed E-state index contributed by atoms with van der Waals surface area (Å²) >= 11 is 0. The molecule has 0 rings (SSSR count). The summed E-state index contributed by atoms with van der Waals surface area (Å²) in [6.45, 7) is 4.36. The van der Waals surface area contributed by atoms with Crippen LogP contribution in [0, 0.1) is 0 Å². The monoisotopic (exact) mass is 499 g/mol. The van der Waals surface area contributed by atoms with Crippen molar-refractivity contribution in [2.24, 2.45) is 0 Å². The van der Waals surface area contributed by atoms with Crippen molar-refractivity contribution in [2.75, 3.05) is 33.2 Å². The molecule has 3 N–H and O–H groups in total.